The van der Waals surface area contributed by atoms with Crippen molar-refractivity contribution in [3.05, 3.63) is 63.5 Å². The molecule has 212 valence electrons. The van der Waals surface area contributed by atoms with Gasteiger partial charge in [0.25, 0.3) is 5.91 Å². The number of nitrogens with zero attached hydrogens (tertiary/aromatic N) is 1. The molecule has 0 radical (unpaired) electrons. The number of ether oxygens (including phenoxy) is 4. The van der Waals surface area contributed by atoms with Gasteiger partial charge in [0, 0.05) is 28.4 Å². The van der Waals surface area contributed by atoms with Crippen LogP contribution in [0.15, 0.2) is 41.4 Å². The van der Waals surface area contributed by atoms with Gasteiger partial charge in [-0.15, -0.1) is 11.3 Å². The van der Waals surface area contributed by atoms with Crippen molar-refractivity contribution in [2.24, 2.45) is 16.3 Å². The topological polar surface area (TPSA) is 95.5 Å². The molecule has 0 spiro atoms. The first kappa shape index (κ1) is 29.1. The molecule has 1 atom stereocenters. The van der Waals surface area contributed by atoms with Crippen molar-refractivity contribution in [3.8, 4) is 17.2 Å². The maximum absolute atomic E-state index is 13.7. The van der Waals surface area contributed by atoms with Crippen LogP contribution in [-0.4, -0.2) is 46.5 Å². The lowest BCUT2D eigenvalue weighted by atomic mass is 9.72. The molecule has 0 saturated carbocycles. The van der Waals surface area contributed by atoms with Crippen molar-refractivity contribution in [2.45, 2.75) is 40.0 Å². The van der Waals surface area contributed by atoms with E-state index in [2.05, 4.69) is 26.1 Å². The van der Waals surface area contributed by atoms with E-state index in [1.807, 2.05) is 0 Å². The summed E-state index contributed by atoms with van der Waals surface area (Å²) in [4.78, 5) is 31.5. The van der Waals surface area contributed by atoms with Crippen LogP contribution in [0.3, 0.4) is 0 Å². The van der Waals surface area contributed by atoms with E-state index in [4.69, 9.17) is 23.9 Å². The summed E-state index contributed by atoms with van der Waals surface area (Å²) in [6, 6.07) is 10.2. The molecule has 2 aromatic carbocycles. The molecule has 0 unspecified atom stereocenters. The van der Waals surface area contributed by atoms with Gasteiger partial charge in [-0.1, -0.05) is 20.8 Å². The lowest BCUT2D eigenvalue weighted by Gasteiger charge is -2.33. The summed E-state index contributed by atoms with van der Waals surface area (Å²) in [6.07, 6.45) is 4.43. The van der Waals surface area contributed by atoms with Crippen molar-refractivity contribution < 1.29 is 28.5 Å². The van der Waals surface area contributed by atoms with Crippen LogP contribution >= 0.6 is 11.3 Å². The van der Waals surface area contributed by atoms with Crippen LogP contribution in [0.5, 0.6) is 17.2 Å². The van der Waals surface area contributed by atoms with E-state index in [0.717, 1.165) is 24.8 Å². The van der Waals surface area contributed by atoms with Crippen LogP contribution in [0.25, 0.3) is 0 Å². The monoisotopic (exact) mass is 564 g/mol. The fourth-order valence-electron chi connectivity index (χ4n) is 4.92. The molecular weight excluding hydrogens is 528 g/mol. The highest BCUT2D eigenvalue weighted by molar-refractivity contribution is 7.16. The number of rotatable bonds is 8. The van der Waals surface area contributed by atoms with Gasteiger partial charge in [-0.05, 0) is 66.5 Å². The third kappa shape index (κ3) is 6.14. The average molecular weight is 565 g/mol. The van der Waals surface area contributed by atoms with Crippen LogP contribution in [0.4, 0.5) is 10.7 Å². The standard InChI is InChI=1S/C31H36N2O6S/c1-31(2,3)20-10-13-22-26(15-20)40-29(32-17-19-14-24(37-5)25(38-6)16-23(19)36-4)27(22)28(34)33-21-11-8-18(9-12-21)30(35)39-7/h8-9,11-12,14,16-17,20H,10,13,15H2,1-7H3,(H,33,34)/t20-/m0/s1. The molecule has 1 amide bonds. The number of methoxy groups -OCH3 is 4. The van der Waals surface area contributed by atoms with Gasteiger partial charge in [0.05, 0.1) is 39.6 Å². The molecule has 0 saturated heterocycles. The Bertz CT molecular complexity index is 1420. The summed E-state index contributed by atoms with van der Waals surface area (Å²) in [7, 11) is 6.06. The van der Waals surface area contributed by atoms with E-state index in [0.29, 0.717) is 50.5 Å². The molecule has 8 nitrogen and oxygen atoms in total. The lowest BCUT2D eigenvalue weighted by molar-refractivity contribution is 0.0600. The molecule has 1 aliphatic carbocycles. The number of carbonyl (C=O) groups is 2. The second-order valence-electron chi connectivity index (χ2n) is 10.7. The second-order valence-corrected chi connectivity index (χ2v) is 11.8. The van der Waals surface area contributed by atoms with Crippen molar-refractivity contribution >= 4 is 40.1 Å². The smallest absolute Gasteiger partial charge is 0.337 e. The Morgan fingerprint density at radius 3 is 2.23 bits per heavy atom. The van der Waals surface area contributed by atoms with Crippen LogP contribution in [0.1, 0.15) is 63.9 Å². The summed E-state index contributed by atoms with van der Waals surface area (Å²) in [6.45, 7) is 6.80. The maximum atomic E-state index is 13.7. The van der Waals surface area contributed by atoms with E-state index >= 15 is 0 Å². The maximum Gasteiger partial charge on any atom is 0.337 e. The molecule has 4 rings (SSSR count). The predicted octanol–water partition coefficient (Wildman–Crippen LogP) is 6.71. The Labute approximate surface area is 239 Å². The molecule has 0 aliphatic heterocycles. The second kappa shape index (κ2) is 12.1. The van der Waals surface area contributed by atoms with Gasteiger partial charge in [0.2, 0.25) is 0 Å². The molecule has 1 aromatic heterocycles. The largest absolute Gasteiger partial charge is 0.496 e. The zero-order valence-corrected chi connectivity index (χ0v) is 24.9. The fourth-order valence-corrected chi connectivity index (χ4v) is 6.19. The van der Waals surface area contributed by atoms with Gasteiger partial charge in [0.1, 0.15) is 10.8 Å². The Balaban J connectivity index is 1.72. The molecule has 1 aliphatic rings. The van der Waals surface area contributed by atoms with Gasteiger partial charge >= 0.3 is 5.97 Å². The summed E-state index contributed by atoms with van der Waals surface area (Å²) < 4.78 is 21.2. The van der Waals surface area contributed by atoms with Crippen LogP contribution in [0.2, 0.25) is 0 Å². The van der Waals surface area contributed by atoms with Gasteiger partial charge in [-0.2, -0.15) is 0 Å². The Morgan fingerprint density at radius 1 is 0.975 bits per heavy atom. The number of aliphatic imine (C=N–C) groups is 1. The van der Waals surface area contributed by atoms with Crippen molar-refractivity contribution in [1.82, 2.24) is 0 Å². The number of benzene rings is 2. The summed E-state index contributed by atoms with van der Waals surface area (Å²) in [5.41, 5.74) is 3.50. The van der Waals surface area contributed by atoms with Gasteiger partial charge < -0.3 is 24.3 Å². The lowest BCUT2D eigenvalue weighted by Crippen LogP contribution is -2.27. The zero-order chi connectivity index (χ0) is 29.0. The number of esters is 1. The van der Waals surface area contributed by atoms with E-state index in [1.165, 1.54) is 12.0 Å². The van der Waals surface area contributed by atoms with Crippen molar-refractivity contribution in [3.63, 3.8) is 0 Å². The quantitative estimate of drug-likeness (QED) is 0.241. The number of thiophene rings is 1. The summed E-state index contributed by atoms with van der Waals surface area (Å²) in [5.74, 6) is 1.53. The zero-order valence-electron chi connectivity index (χ0n) is 24.0. The Hall–Kier alpha value is -3.85. The highest BCUT2D eigenvalue weighted by Crippen LogP contribution is 2.45. The van der Waals surface area contributed by atoms with E-state index in [1.54, 1.807) is 75.3 Å². The molecule has 0 fully saturated rings. The predicted molar refractivity (Wildman–Crippen MR) is 158 cm³/mol. The minimum Gasteiger partial charge on any atom is -0.496 e. The fraction of sp³-hybridized carbons (Fsp3) is 0.387. The molecule has 0 bridgehead atoms. The van der Waals surface area contributed by atoms with Crippen LogP contribution in [-0.2, 0) is 17.6 Å². The van der Waals surface area contributed by atoms with E-state index < -0.39 is 5.97 Å². The molecular formula is C31H36N2O6S. The number of amides is 1. The molecule has 1 heterocycles. The Morgan fingerprint density at radius 2 is 1.62 bits per heavy atom. The highest BCUT2D eigenvalue weighted by Gasteiger charge is 2.33. The van der Waals surface area contributed by atoms with Crippen molar-refractivity contribution in [1.29, 1.82) is 0 Å². The number of nitrogens with one attached hydrogen (secondary N) is 1. The molecule has 3 aromatic rings. The first-order valence-electron chi connectivity index (χ1n) is 13.1. The average Bonchev–Trinajstić information content (AvgIpc) is 3.32. The van der Waals surface area contributed by atoms with Crippen LogP contribution < -0.4 is 19.5 Å². The van der Waals surface area contributed by atoms with Gasteiger partial charge in [0.15, 0.2) is 11.5 Å². The third-order valence-corrected chi connectivity index (χ3v) is 8.48. The van der Waals surface area contributed by atoms with Crippen molar-refractivity contribution in [2.75, 3.05) is 33.8 Å². The number of anilines is 1. The minimum atomic E-state index is -0.430. The first-order valence-corrected chi connectivity index (χ1v) is 13.9. The summed E-state index contributed by atoms with van der Waals surface area (Å²) in [5, 5.41) is 3.63. The number of fused-ring (bicyclic) bond motifs is 1. The number of carbonyl (C=O) groups excluding carboxylic acids is 2. The SMILES string of the molecule is COC(=O)c1ccc(NC(=O)c2c(N=Cc3cc(OC)c(OC)cc3OC)sc3c2CC[C@H](C(C)(C)C)C3)cc1. The van der Waals surface area contributed by atoms with Gasteiger partial charge in [-0.25, -0.2) is 9.79 Å². The van der Waals surface area contributed by atoms with E-state index in [9.17, 15) is 9.59 Å². The van der Waals surface area contributed by atoms with E-state index in [-0.39, 0.29) is 11.3 Å². The molecule has 1 N–H and O–H groups in total. The molecule has 9 heteroatoms. The Kier molecular flexibility index (Phi) is 8.83. The number of hydrogen-bond acceptors (Lipinski definition) is 8. The summed E-state index contributed by atoms with van der Waals surface area (Å²) >= 11 is 1.56. The highest BCUT2D eigenvalue weighted by atomic mass is 32.1. The minimum absolute atomic E-state index is 0.169. The van der Waals surface area contributed by atoms with Crippen LogP contribution in [0, 0.1) is 11.3 Å². The van der Waals surface area contributed by atoms with Gasteiger partial charge in [-0.3, -0.25) is 4.79 Å². The normalized spacial score (nSPS) is 14.9. The number of hydrogen-bond donors (Lipinski definition) is 1. The molecule has 40 heavy (non-hydrogen) atoms. The third-order valence-electron chi connectivity index (χ3n) is 7.32. The first-order chi connectivity index (χ1) is 19.1.